The predicted octanol–water partition coefficient (Wildman–Crippen LogP) is 1.15. The average molecular weight is 371 g/mol. The van der Waals surface area contributed by atoms with E-state index in [1.54, 1.807) is 0 Å². The molecule has 4 N–H and O–H groups in total. The molecule has 0 spiro atoms. The van der Waals surface area contributed by atoms with Crippen LogP contribution in [0.1, 0.15) is 42.5 Å². The number of carbonyl (C=O) groups excluding carboxylic acids is 1. The lowest BCUT2D eigenvalue weighted by atomic mass is 10.0. The molecule has 1 fully saturated rings. The van der Waals surface area contributed by atoms with Gasteiger partial charge in [-0.15, -0.1) is 0 Å². The highest BCUT2D eigenvalue weighted by molar-refractivity contribution is 7.94. The Morgan fingerprint density at radius 3 is 2.50 bits per heavy atom. The van der Waals surface area contributed by atoms with E-state index in [1.165, 1.54) is 18.2 Å². The number of nitrogens with two attached hydrogens (primary N) is 1. The number of amides is 1. The number of rotatable bonds is 4. The second kappa shape index (κ2) is 7.54. The number of sulfone groups is 1. The average Bonchev–Trinajstić information content (AvgIpc) is 2.53. The van der Waals surface area contributed by atoms with Gasteiger partial charge >= 0.3 is 0 Å². The maximum Gasteiger partial charge on any atom is 0.257 e. The molecule has 132 valence electrons. The van der Waals surface area contributed by atoms with Crippen molar-refractivity contribution in [2.45, 2.75) is 47.1 Å². The van der Waals surface area contributed by atoms with Gasteiger partial charge in [0.15, 0.2) is 20.7 Å². The molecule has 7 nitrogen and oxygen atoms in total. The van der Waals surface area contributed by atoms with Crippen molar-refractivity contribution in [3.8, 4) is 0 Å². The van der Waals surface area contributed by atoms with E-state index >= 15 is 0 Å². The summed E-state index contributed by atoms with van der Waals surface area (Å²) in [5, 5.41) is 9.12. The van der Waals surface area contributed by atoms with Gasteiger partial charge in [0.2, 0.25) is 0 Å². The summed E-state index contributed by atoms with van der Waals surface area (Å²) in [4.78, 5) is 12.0. The molecule has 1 unspecified atom stereocenters. The van der Waals surface area contributed by atoms with Crippen LogP contribution in [0, 0.1) is 5.41 Å². The van der Waals surface area contributed by atoms with Gasteiger partial charge in [-0.05, 0) is 55.1 Å². The maximum atomic E-state index is 12.8. The fraction of sp³-hybridized carbons (Fsp3) is 0.467. The molecule has 1 aromatic rings. The Kier molecular flexibility index (Phi) is 5.89. The van der Waals surface area contributed by atoms with Gasteiger partial charge in [0.05, 0.1) is 0 Å². The first-order valence-electron chi connectivity index (χ1n) is 7.60. The molecule has 1 aromatic carbocycles. The Bertz CT molecular complexity index is 743. The summed E-state index contributed by atoms with van der Waals surface area (Å²) in [6.45, 7) is 0. The predicted molar refractivity (Wildman–Crippen MR) is 92.2 cm³/mol. The molecule has 24 heavy (non-hydrogen) atoms. The van der Waals surface area contributed by atoms with E-state index in [0.717, 1.165) is 38.4 Å². The Morgan fingerprint density at radius 1 is 1.33 bits per heavy atom. The summed E-state index contributed by atoms with van der Waals surface area (Å²) >= 11 is -1.44. The molecule has 2 rings (SSSR count). The first kappa shape index (κ1) is 18.8. The normalized spacial score (nSPS) is 17.2. The molecule has 0 heterocycles. The Balaban J connectivity index is 2.40. The Hall–Kier alpha value is -1.58. The first-order chi connectivity index (χ1) is 11.2. The standard InChI is InChI=1S/C15H21N3O4S2/c1-24(21,22)13-9-10(14(19)18-15(16)17)7-8-12(13)23(20)11-5-3-2-4-6-11/h7-9,11H,2-6H2,1H3,(H4,16,17,18,19). The van der Waals surface area contributed by atoms with E-state index < -0.39 is 32.9 Å². The van der Waals surface area contributed by atoms with E-state index in [9.17, 15) is 17.8 Å². The summed E-state index contributed by atoms with van der Waals surface area (Å²) in [7, 11) is -3.66. The van der Waals surface area contributed by atoms with Crippen LogP contribution in [0.15, 0.2) is 28.0 Å². The van der Waals surface area contributed by atoms with Crippen LogP contribution < -0.4 is 11.1 Å². The van der Waals surface area contributed by atoms with Crippen LogP contribution in [0.2, 0.25) is 0 Å². The van der Waals surface area contributed by atoms with Crippen LogP contribution in [0.5, 0.6) is 0 Å². The molecule has 0 aliphatic heterocycles. The summed E-state index contributed by atoms with van der Waals surface area (Å²) in [6, 6.07) is 4.03. The van der Waals surface area contributed by atoms with E-state index in [0.29, 0.717) is 0 Å². The van der Waals surface area contributed by atoms with Gasteiger partial charge in [0.25, 0.3) is 5.91 Å². The minimum Gasteiger partial charge on any atom is -0.611 e. The smallest absolute Gasteiger partial charge is 0.257 e. The van der Waals surface area contributed by atoms with Gasteiger partial charge in [-0.25, -0.2) is 8.42 Å². The minimum atomic E-state index is -3.66. The van der Waals surface area contributed by atoms with Gasteiger partial charge < -0.3 is 10.3 Å². The third-order valence-corrected chi connectivity index (χ3v) is 7.06. The third kappa shape index (κ3) is 4.49. The first-order valence-corrected chi connectivity index (χ1v) is 10.7. The van der Waals surface area contributed by atoms with Gasteiger partial charge in [-0.3, -0.25) is 15.5 Å². The zero-order valence-corrected chi connectivity index (χ0v) is 15.0. The summed E-state index contributed by atoms with van der Waals surface area (Å²) in [5.74, 6) is -1.21. The van der Waals surface area contributed by atoms with Crippen LogP contribution in [-0.4, -0.2) is 36.3 Å². The SMILES string of the molecule is CS(=O)(=O)c1cc(C(=O)NC(=N)N)ccc1[S+]([O-])C1CCCCC1. The molecule has 1 atom stereocenters. The number of guanidine groups is 1. The molecule has 0 radical (unpaired) electrons. The quantitative estimate of drug-likeness (QED) is 0.414. The van der Waals surface area contributed by atoms with E-state index in [-0.39, 0.29) is 20.6 Å². The highest BCUT2D eigenvalue weighted by Gasteiger charge is 2.31. The Labute approximate surface area is 144 Å². The van der Waals surface area contributed by atoms with Gasteiger partial charge in [0, 0.05) is 11.8 Å². The van der Waals surface area contributed by atoms with Crippen LogP contribution in [-0.2, 0) is 21.0 Å². The van der Waals surface area contributed by atoms with Crippen molar-refractivity contribution in [2.24, 2.45) is 5.73 Å². The number of carbonyl (C=O) groups is 1. The van der Waals surface area contributed by atoms with Crippen LogP contribution >= 0.6 is 0 Å². The second-order valence-electron chi connectivity index (χ2n) is 5.86. The molecular weight excluding hydrogens is 350 g/mol. The Morgan fingerprint density at radius 2 is 1.96 bits per heavy atom. The molecule has 0 saturated heterocycles. The highest BCUT2D eigenvalue weighted by atomic mass is 32.2. The summed E-state index contributed by atoms with van der Waals surface area (Å²) < 4.78 is 37.0. The van der Waals surface area contributed by atoms with Gasteiger partial charge in [0.1, 0.15) is 10.1 Å². The van der Waals surface area contributed by atoms with Crippen molar-refractivity contribution in [1.82, 2.24) is 5.32 Å². The van der Waals surface area contributed by atoms with Crippen molar-refractivity contribution in [1.29, 1.82) is 5.41 Å². The third-order valence-electron chi connectivity index (χ3n) is 3.93. The lowest BCUT2D eigenvalue weighted by Crippen LogP contribution is -2.35. The minimum absolute atomic E-state index is 0.0509. The molecular formula is C15H21N3O4S2. The number of benzene rings is 1. The lowest BCUT2D eigenvalue weighted by Gasteiger charge is -2.25. The van der Waals surface area contributed by atoms with E-state index in [2.05, 4.69) is 5.32 Å². The van der Waals surface area contributed by atoms with Crippen molar-refractivity contribution in [3.05, 3.63) is 23.8 Å². The molecule has 1 saturated carbocycles. The van der Waals surface area contributed by atoms with Gasteiger partial charge in [-0.2, -0.15) is 0 Å². The molecule has 1 aliphatic rings. The van der Waals surface area contributed by atoms with Crippen LogP contribution in [0.3, 0.4) is 0 Å². The molecule has 0 aromatic heterocycles. The lowest BCUT2D eigenvalue weighted by molar-refractivity contribution is 0.0976. The zero-order chi connectivity index (χ0) is 17.9. The molecule has 1 aliphatic carbocycles. The van der Waals surface area contributed by atoms with Crippen molar-refractivity contribution >= 4 is 32.9 Å². The summed E-state index contributed by atoms with van der Waals surface area (Å²) in [6.07, 6.45) is 5.73. The monoisotopic (exact) mass is 371 g/mol. The van der Waals surface area contributed by atoms with Crippen LogP contribution in [0.4, 0.5) is 0 Å². The number of nitrogens with one attached hydrogen (secondary N) is 2. The van der Waals surface area contributed by atoms with Crippen molar-refractivity contribution < 1.29 is 17.8 Å². The number of hydrogen-bond donors (Lipinski definition) is 3. The van der Waals surface area contributed by atoms with Gasteiger partial charge in [-0.1, -0.05) is 6.42 Å². The second-order valence-corrected chi connectivity index (χ2v) is 9.54. The highest BCUT2D eigenvalue weighted by Crippen LogP contribution is 2.32. The van der Waals surface area contributed by atoms with Crippen molar-refractivity contribution in [2.75, 3.05) is 6.26 Å². The fourth-order valence-electron chi connectivity index (χ4n) is 2.76. The largest absolute Gasteiger partial charge is 0.611 e. The van der Waals surface area contributed by atoms with E-state index in [4.69, 9.17) is 11.1 Å². The zero-order valence-electron chi connectivity index (χ0n) is 13.4. The fourth-order valence-corrected chi connectivity index (χ4v) is 5.81. The topological polar surface area (TPSA) is 136 Å². The molecule has 9 heteroatoms. The molecule has 0 bridgehead atoms. The van der Waals surface area contributed by atoms with E-state index in [1.807, 2.05) is 0 Å². The number of hydrogen-bond acceptors (Lipinski definition) is 5. The van der Waals surface area contributed by atoms with Crippen molar-refractivity contribution in [3.63, 3.8) is 0 Å². The van der Waals surface area contributed by atoms with Crippen LogP contribution in [0.25, 0.3) is 0 Å². The summed E-state index contributed by atoms with van der Waals surface area (Å²) in [5.41, 5.74) is 5.17. The maximum absolute atomic E-state index is 12.8. The molecule has 1 amide bonds.